The molecule has 0 radical (unpaired) electrons. The quantitative estimate of drug-likeness (QED) is 0.848. The summed E-state index contributed by atoms with van der Waals surface area (Å²) in [5, 5.41) is 7.64. The molecule has 0 saturated heterocycles. The Morgan fingerprint density at radius 3 is 2.83 bits per heavy atom. The van der Waals surface area contributed by atoms with Gasteiger partial charge in [0.15, 0.2) is 0 Å². The van der Waals surface area contributed by atoms with Gasteiger partial charge >= 0.3 is 0 Å². The molecule has 0 bridgehead atoms. The molecule has 0 aliphatic carbocycles. The van der Waals surface area contributed by atoms with Gasteiger partial charge in [-0.2, -0.15) is 5.10 Å². The van der Waals surface area contributed by atoms with Crippen molar-refractivity contribution in [3.05, 3.63) is 30.5 Å². The van der Waals surface area contributed by atoms with Gasteiger partial charge in [0.25, 0.3) is 0 Å². The number of nitrogens with zero attached hydrogens (tertiary/aromatic N) is 3. The lowest BCUT2D eigenvalue weighted by Gasteiger charge is -2.08. The molecule has 18 heavy (non-hydrogen) atoms. The Hall–Kier alpha value is -1.84. The Labute approximate surface area is 108 Å². The molecule has 0 aliphatic heterocycles. The first-order valence-corrected chi connectivity index (χ1v) is 6.58. The summed E-state index contributed by atoms with van der Waals surface area (Å²) in [6.45, 7) is 6.17. The second-order valence-electron chi connectivity index (χ2n) is 4.27. The summed E-state index contributed by atoms with van der Waals surface area (Å²) in [7, 11) is 0. The third-order valence-corrected chi connectivity index (χ3v) is 2.72. The van der Waals surface area contributed by atoms with Crippen LogP contribution in [0.2, 0.25) is 0 Å². The topological polar surface area (TPSA) is 42.7 Å². The molecule has 96 valence electrons. The average molecular weight is 244 g/mol. The van der Waals surface area contributed by atoms with Crippen LogP contribution in [0.5, 0.6) is 0 Å². The summed E-state index contributed by atoms with van der Waals surface area (Å²) in [5.74, 6) is 0.929. The third-order valence-electron chi connectivity index (χ3n) is 2.72. The fourth-order valence-electron chi connectivity index (χ4n) is 1.87. The lowest BCUT2D eigenvalue weighted by Crippen LogP contribution is -2.04. The maximum atomic E-state index is 4.62. The van der Waals surface area contributed by atoms with E-state index in [4.69, 9.17) is 0 Å². The van der Waals surface area contributed by atoms with E-state index in [0.717, 1.165) is 43.1 Å². The van der Waals surface area contributed by atoms with Crippen molar-refractivity contribution >= 4 is 5.82 Å². The zero-order valence-corrected chi connectivity index (χ0v) is 11.1. The highest BCUT2D eigenvalue weighted by molar-refractivity contribution is 5.57. The van der Waals surface area contributed by atoms with Crippen LogP contribution >= 0.6 is 0 Å². The Morgan fingerprint density at radius 2 is 2.06 bits per heavy atom. The van der Waals surface area contributed by atoms with Crippen LogP contribution in [0.15, 0.2) is 30.5 Å². The van der Waals surface area contributed by atoms with Crippen molar-refractivity contribution in [1.82, 2.24) is 14.8 Å². The summed E-state index contributed by atoms with van der Waals surface area (Å²) in [6.07, 6.45) is 4.00. The fourth-order valence-corrected chi connectivity index (χ4v) is 1.87. The van der Waals surface area contributed by atoms with E-state index < -0.39 is 0 Å². The Bertz CT molecular complexity index is 490. The molecule has 0 amide bonds. The van der Waals surface area contributed by atoms with Crippen molar-refractivity contribution in [3.8, 4) is 11.4 Å². The van der Waals surface area contributed by atoms with Crippen LogP contribution in [0.1, 0.15) is 26.7 Å². The lowest BCUT2D eigenvalue weighted by molar-refractivity contribution is 0.608. The van der Waals surface area contributed by atoms with Crippen molar-refractivity contribution in [3.63, 3.8) is 0 Å². The number of aromatic nitrogens is 3. The standard InChI is InChI=1S/C14H20N4/c1-3-9-15-14-7-5-6-12(17-14)13-8-10-16-18(13)11-4-2/h5-8,10H,3-4,9,11H2,1-2H3,(H,15,17). The number of anilines is 1. The molecule has 4 nitrogen and oxygen atoms in total. The van der Waals surface area contributed by atoms with Crippen molar-refractivity contribution in [2.24, 2.45) is 0 Å². The van der Waals surface area contributed by atoms with Gasteiger partial charge in [-0.25, -0.2) is 4.98 Å². The first-order chi connectivity index (χ1) is 8.85. The van der Waals surface area contributed by atoms with Crippen LogP contribution in [0.3, 0.4) is 0 Å². The van der Waals surface area contributed by atoms with E-state index in [1.54, 1.807) is 0 Å². The Balaban J connectivity index is 2.24. The second kappa shape index (κ2) is 6.19. The van der Waals surface area contributed by atoms with Crippen molar-refractivity contribution in [2.45, 2.75) is 33.2 Å². The van der Waals surface area contributed by atoms with E-state index in [1.807, 2.05) is 35.1 Å². The van der Waals surface area contributed by atoms with Gasteiger partial charge in [-0.15, -0.1) is 0 Å². The minimum absolute atomic E-state index is 0.927. The predicted octanol–water partition coefficient (Wildman–Crippen LogP) is 3.18. The summed E-state index contributed by atoms with van der Waals surface area (Å²) in [4.78, 5) is 4.62. The molecule has 2 aromatic heterocycles. The van der Waals surface area contributed by atoms with Crippen molar-refractivity contribution in [1.29, 1.82) is 0 Å². The molecule has 0 aromatic carbocycles. The summed E-state index contributed by atoms with van der Waals surface area (Å²) in [6, 6.07) is 8.07. The van der Waals surface area contributed by atoms with Crippen LogP contribution in [-0.4, -0.2) is 21.3 Å². The SMILES string of the molecule is CCCNc1cccc(-c2ccnn2CCC)n1. The van der Waals surface area contributed by atoms with Gasteiger partial charge in [0, 0.05) is 19.3 Å². The van der Waals surface area contributed by atoms with E-state index in [1.165, 1.54) is 0 Å². The highest BCUT2D eigenvalue weighted by atomic mass is 15.3. The van der Waals surface area contributed by atoms with E-state index in [9.17, 15) is 0 Å². The minimum Gasteiger partial charge on any atom is -0.370 e. The summed E-state index contributed by atoms with van der Waals surface area (Å²) < 4.78 is 2.01. The van der Waals surface area contributed by atoms with Crippen LogP contribution in [0.25, 0.3) is 11.4 Å². The molecular weight excluding hydrogens is 224 g/mol. The maximum Gasteiger partial charge on any atom is 0.126 e. The van der Waals surface area contributed by atoms with Crippen LogP contribution in [0.4, 0.5) is 5.82 Å². The number of rotatable bonds is 6. The molecule has 1 N–H and O–H groups in total. The van der Waals surface area contributed by atoms with Crippen LogP contribution in [-0.2, 0) is 6.54 Å². The van der Waals surface area contributed by atoms with Gasteiger partial charge in [-0.05, 0) is 31.0 Å². The van der Waals surface area contributed by atoms with Gasteiger partial charge in [0.05, 0.1) is 11.4 Å². The number of hydrogen-bond acceptors (Lipinski definition) is 3. The molecule has 2 heterocycles. The second-order valence-corrected chi connectivity index (χ2v) is 4.27. The third kappa shape index (κ3) is 2.88. The maximum absolute atomic E-state index is 4.62. The monoisotopic (exact) mass is 244 g/mol. The lowest BCUT2D eigenvalue weighted by atomic mass is 10.2. The van der Waals surface area contributed by atoms with E-state index in [0.29, 0.717) is 0 Å². The number of pyridine rings is 1. The van der Waals surface area contributed by atoms with Crippen molar-refractivity contribution < 1.29 is 0 Å². The number of hydrogen-bond donors (Lipinski definition) is 1. The van der Waals surface area contributed by atoms with E-state index >= 15 is 0 Å². The van der Waals surface area contributed by atoms with Crippen LogP contribution < -0.4 is 5.32 Å². The zero-order valence-electron chi connectivity index (χ0n) is 11.1. The van der Waals surface area contributed by atoms with E-state index in [2.05, 4.69) is 29.2 Å². The summed E-state index contributed by atoms with van der Waals surface area (Å²) in [5.41, 5.74) is 2.05. The number of nitrogens with one attached hydrogen (secondary N) is 1. The average Bonchev–Trinajstić information content (AvgIpc) is 2.85. The molecule has 0 aliphatic rings. The first kappa shape index (κ1) is 12.6. The molecular formula is C14H20N4. The molecule has 2 rings (SSSR count). The minimum atomic E-state index is 0.927. The molecule has 0 atom stereocenters. The molecule has 0 fully saturated rings. The zero-order chi connectivity index (χ0) is 12.8. The smallest absolute Gasteiger partial charge is 0.126 e. The van der Waals surface area contributed by atoms with Gasteiger partial charge in [0.2, 0.25) is 0 Å². The van der Waals surface area contributed by atoms with Crippen molar-refractivity contribution in [2.75, 3.05) is 11.9 Å². The predicted molar refractivity (Wildman–Crippen MR) is 74.5 cm³/mol. The van der Waals surface area contributed by atoms with Gasteiger partial charge in [0.1, 0.15) is 5.82 Å². The molecule has 0 saturated carbocycles. The van der Waals surface area contributed by atoms with Crippen LogP contribution in [0, 0.1) is 0 Å². The largest absolute Gasteiger partial charge is 0.370 e. The normalized spacial score (nSPS) is 10.6. The molecule has 4 heteroatoms. The Kier molecular flexibility index (Phi) is 4.34. The highest BCUT2D eigenvalue weighted by Crippen LogP contribution is 2.18. The summed E-state index contributed by atoms with van der Waals surface area (Å²) >= 11 is 0. The fraction of sp³-hybridized carbons (Fsp3) is 0.429. The van der Waals surface area contributed by atoms with Gasteiger partial charge in [-0.1, -0.05) is 19.9 Å². The van der Waals surface area contributed by atoms with Gasteiger partial charge < -0.3 is 5.32 Å². The number of aryl methyl sites for hydroxylation is 1. The molecule has 0 unspecified atom stereocenters. The van der Waals surface area contributed by atoms with E-state index in [-0.39, 0.29) is 0 Å². The van der Waals surface area contributed by atoms with Gasteiger partial charge in [-0.3, -0.25) is 4.68 Å². The molecule has 0 spiro atoms. The first-order valence-electron chi connectivity index (χ1n) is 6.58. The molecule has 2 aromatic rings. The highest BCUT2D eigenvalue weighted by Gasteiger charge is 2.06. The Morgan fingerprint density at radius 1 is 1.17 bits per heavy atom.